The molecule has 0 aromatic rings. The molecule has 36 heavy (non-hydrogen) atoms. The standard InChI is InChI=1S/C29H48O3.2C2H6/c1-5-14-25(29(31)32)18-11-9-7-8-10-12-19-27-24(4)17-13-16-23(3)20-21-28(27)26(22-30)15-6-2;2*1-2/h6,13,15-17,22-23,25,27-28,30H,5,7-12,14,18-21H2,1-4H3,(H,31,32);2*1-2H3/b15-6-,16-13-,24-17+,26-22+;;. The van der Waals surface area contributed by atoms with Crippen LogP contribution in [0.25, 0.3) is 0 Å². The number of rotatable bonds is 14. The van der Waals surface area contributed by atoms with Crippen molar-refractivity contribution in [3.8, 4) is 0 Å². The molecule has 0 heterocycles. The minimum absolute atomic E-state index is 0.155. The fraction of sp³-hybridized carbons (Fsp3) is 0.727. The summed E-state index contributed by atoms with van der Waals surface area (Å²) in [6, 6.07) is 0. The summed E-state index contributed by atoms with van der Waals surface area (Å²) in [5.41, 5.74) is 2.47. The number of carboxylic acid groups (broad SMARTS) is 1. The van der Waals surface area contributed by atoms with Gasteiger partial charge in [-0.25, -0.2) is 0 Å². The highest BCUT2D eigenvalue weighted by atomic mass is 16.4. The average Bonchev–Trinajstić information content (AvgIpc) is 2.95. The summed E-state index contributed by atoms with van der Waals surface area (Å²) < 4.78 is 0. The van der Waals surface area contributed by atoms with E-state index in [4.69, 9.17) is 0 Å². The lowest BCUT2D eigenvalue weighted by atomic mass is 9.75. The summed E-state index contributed by atoms with van der Waals surface area (Å²) in [5.74, 6) is 0.603. The molecule has 0 aliphatic heterocycles. The molecule has 0 fully saturated rings. The summed E-state index contributed by atoms with van der Waals surface area (Å²) in [6.45, 7) is 16.6. The van der Waals surface area contributed by atoms with Gasteiger partial charge in [0.15, 0.2) is 0 Å². The number of unbranched alkanes of at least 4 members (excludes halogenated alkanes) is 5. The number of hydrogen-bond acceptors (Lipinski definition) is 2. The van der Waals surface area contributed by atoms with Crippen molar-refractivity contribution >= 4 is 5.97 Å². The van der Waals surface area contributed by atoms with E-state index in [-0.39, 0.29) is 5.92 Å². The first-order valence-electron chi connectivity index (χ1n) is 15.0. The molecule has 1 aliphatic carbocycles. The van der Waals surface area contributed by atoms with Crippen molar-refractivity contribution in [2.45, 2.75) is 132 Å². The first kappa shape index (κ1) is 36.4. The zero-order chi connectivity index (χ0) is 27.8. The smallest absolute Gasteiger partial charge is 0.306 e. The minimum atomic E-state index is -0.627. The maximum atomic E-state index is 11.3. The minimum Gasteiger partial charge on any atom is -0.515 e. The Morgan fingerprint density at radius 1 is 1.03 bits per heavy atom. The second kappa shape index (κ2) is 24.9. The second-order valence-corrected chi connectivity index (χ2v) is 9.71. The van der Waals surface area contributed by atoms with E-state index in [9.17, 15) is 15.0 Å². The summed E-state index contributed by atoms with van der Waals surface area (Å²) in [6.07, 6.45) is 25.2. The number of carbonyl (C=O) groups is 1. The largest absolute Gasteiger partial charge is 0.515 e. The number of aliphatic hydroxyl groups excluding tert-OH is 1. The Labute approximate surface area is 224 Å². The van der Waals surface area contributed by atoms with Gasteiger partial charge < -0.3 is 10.2 Å². The van der Waals surface area contributed by atoms with Crippen LogP contribution >= 0.6 is 0 Å². The molecule has 0 aromatic carbocycles. The highest BCUT2D eigenvalue weighted by Gasteiger charge is 2.26. The van der Waals surface area contributed by atoms with Crippen LogP contribution in [0.3, 0.4) is 0 Å². The Hall–Kier alpha value is -1.77. The SMILES string of the molecule is C/C=C\C(=C/O)C1CCC(C)/C=C\C=C(/C)C1CCCCCCCCC(CCC)C(=O)O.CC.CC. The molecule has 3 heteroatoms. The molecule has 1 aliphatic rings. The molecule has 3 nitrogen and oxygen atoms in total. The van der Waals surface area contributed by atoms with E-state index in [2.05, 4.69) is 45.1 Å². The van der Waals surface area contributed by atoms with E-state index in [1.807, 2.05) is 40.7 Å². The summed E-state index contributed by atoms with van der Waals surface area (Å²) in [5, 5.41) is 19.2. The third-order valence-corrected chi connectivity index (χ3v) is 7.04. The van der Waals surface area contributed by atoms with E-state index in [0.717, 1.165) is 56.9 Å². The van der Waals surface area contributed by atoms with Gasteiger partial charge in [-0.15, -0.1) is 0 Å². The molecule has 1 rings (SSSR count). The van der Waals surface area contributed by atoms with Gasteiger partial charge in [-0.1, -0.05) is 122 Å². The molecule has 0 saturated carbocycles. The first-order valence-corrected chi connectivity index (χ1v) is 15.0. The van der Waals surface area contributed by atoms with Gasteiger partial charge in [-0.3, -0.25) is 4.79 Å². The van der Waals surface area contributed by atoms with Crippen molar-refractivity contribution < 1.29 is 15.0 Å². The van der Waals surface area contributed by atoms with Crippen molar-refractivity contribution in [3.05, 3.63) is 47.8 Å². The van der Waals surface area contributed by atoms with E-state index < -0.39 is 5.97 Å². The molecule has 2 N–H and O–H groups in total. The molecule has 0 bridgehead atoms. The van der Waals surface area contributed by atoms with Gasteiger partial charge >= 0.3 is 5.97 Å². The number of aliphatic hydroxyl groups is 1. The molecule has 0 saturated heterocycles. The Kier molecular flexibility index (Phi) is 25.2. The van der Waals surface area contributed by atoms with Gasteiger partial charge in [0.1, 0.15) is 0 Å². The lowest BCUT2D eigenvalue weighted by molar-refractivity contribution is -0.142. The maximum absolute atomic E-state index is 11.3. The monoisotopic (exact) mass is 504 g/mol. The van der Waals surface area contributed by atoms with Crippen molar-refractivity contribution in [2.24, 2.45) is 23.7 Å². The van der Waals surface area contributed by atoms with Gasteiger partial charge in [0.05, 0.1) is 12.2 Å². The summed E-state index contributed by atoms with van der Waals surface area (Å²) >= 11 is 0. The zero-order valence-corrected chi connectivity index (χ0v) is 25.1. The van der Waals surface area contributed by atoms with Crippen LogP contribution < -0.4 is 0 Å². The highest BCUT2D eigenvalue weighted by Crippen LogP contribution is 2.37. The number of carboxylic acids is 1. The fourth-order valence-corrected chi connectivity index (χ4v) is 5.06. The van der Waals surface area contributed by atoms with Crippen LogP contribution in [0.2, 0.25) is 0 Å². The van der Waals surface area contributed by atoms with Gasteiger partial charge in [0, 0.05) is 0 Å². The first-order chi connectivity index (χ1) is 17.4. The van der Waals surface area contributed by atoms with Crippen molar-refractivity contribution in [3.63, 3.8) is 0 Å². The highest BCUT2D eigenvalue weighted by molar-refractivity contribution is 5.69. The molecule has 0 radical (unpaired) electrons. The number of aliphatic carboxylic acids is 1. The van der Waals surface area contributed by atoms with E-state index >= 15 is 0 Å². The third-order valence-electron chi connectivity index (χ3n) is 7.04. The molecule has 4 unspecified atom stereocenters. The van der Waals surface area contributed by atoms with E-state index in [1.54, 1.807) is 0 Å². The van der Waals surface area contributed by atoms with Gasteiger partial charge in [-0.2, -0.15) is 0 Å². The van der Waals surface area contributed by atoms with Gasteiger partial charge in [0.2, 0.25) is 0 Å². The van der Waals surface area contributed by atoms with Crippen molar-refractivity contribution in [2.75, 3.05) is 0 Å². The predicted octanol–water partition coefficient (Wildman–Crippen LogP) is 10.8. The Bertz CT molecular complexity index is 641. The normalized spacial score (nSPS) is 23.5. The molecule has 0 aromatic heterocycles. The maximum Gasteiger partial charge on any atom is 0.306 e. The van der Waals surface area contributed by atoms with Crippen LogP contribution in [0, 0.1) is 23.7 Å². The van der Waals surface area contributed by atoms with Crippen LogP contribution in [0.1, 0.15) is 132 Å². The fourth-order valence-electron chi connectivity index (χ4n) is 5.06. The topological polar surface area (TPSA) is 57.5 Å². The molecule has 210 valence electrons. The van der Waals surface area contributed by atoms with Crippen LogP contribution in [-0.4, -0.2) is 16.2 Å². The third kappa shape index (κ3) is 16.1. The van der Waals surface area contributed by atoms with E-state index in [0.29, 0.717) is 17.8 Å². The molecule has 4 atom stereocenters. The summed E-state index contributed by atoms with van der Waals surface area (Å²) in [7, 11) is 0. The Morgan fingerprint density at radius 3 is 2.19 bits per heavy atom. The van der Waals surface area contributed by atoms with Gasteiger partial charge in [0.25, 0.3) is 0 Å². The zero-order valence-electron chi connectivity index (χ0n) is 25.1. The van der Waals surface area contributed by atoms with Crippen LogP contribution in [0.4, 0.5) is 0 Å². The number of hydrogen-bond donors (Lipinski definition) is 2. The van der Waals surface area contributed by atoms with Crippen molar-refractivity contribution in [1.29, 1.82) is 0 Å². The van der Waals surface area contributed by atoms with E-state index in [1.165, 1.54) is 37.5 Å². The van der Waals surface area contributed by atoms with Crippen LogP contribution in [-0.2, 0) is 4.79 Å². The second-order valence-electron chi connectivity index (χ2n) is 9.71. The molecular formula is C33H60O3. The predicted molar refractivity (Wildman–Crippen MR) is 159 cm³/mol. The summed E-state index contributed by atoms with van der Waals surface area (Å²) in [4.78, 5) is 11.3. The lowest BCUT2D eigenvalue weighted by Crippen LogP contribution is -2.19. The molecule has 0 amide bonds. The van der Waals surface area contributed by atoms with Crippen LogP contribution in [0.15, 0.2) is 47.8 Å². The van der Waals surface area contributed by atoms with Crippen LogP contribution in [0.5, 0.6) is 0 Å². The molecule has 0 spiro atoms. The molecular weight excluding hydrogens is 444 g/mol. The van der Waals surface area contributed by atoms with Crippen molar-refractivity contribution in [1.82, 2.24) is 0 Å². The lowest BCUT2D eigenvalue weighted by Gasteiger charge is -2.29. The Morgan fingerprint density at radius 2 is 1.64 bits per heavy atom. The number of allylic oxidation sites excluding steroid dienone is 7. The quantitative estimate of drug-likeness (QED) is 0.140. The Balaban J connectivity index is 0. The average molecular weight is 505 g/mol. The van der Waals surface area contributed by atoms with Gasteiger partial charge in [-0.05, 0) is 69.3 Å².